The Kier molecular flexibility index (Phi) is 6.06. The minimum Gasteiger partial charge on any atom is -0.354 e. The summed E-state index contributed by atoms with van der Waals surface area (Å²) in [5.74, 6) is 0. The number of hydrogen-bond donors (Lipinski definition) is 1. The lowest BCUT2D eigenvalue weighted by Gasteiger charge is -2.12. The maximum Gasteiger partial charge on any atom is 0.271 e. The SMILES string of the molecule is CCn1c(=O)/c(=C2\Sc3ccc(C)cc3N2C)s/c1=C\c1ccncc1Nc1ccccc1C. The van der Waals surface area contributed by atoms with Crippen LogP contribution in [0.1, 0.15) is 23.6 Å². The first kappa shape index (κ1) is 22.5. The van der Waals surface area contributed by atoms with Gasteiger partial charge in [-0.25, -0.2) is 0 Å². The Morgan fingerprint density at radius 3 is 2.71 bits per heavy atom. The van der Waals surface area contributed by atoms with Gasteiger partial charge in [0.05, 0.1) is 22.2 Å². The van der Waals surface area contributed by atoms with Gasteiger partial charge in [-0.05, 0) is 62.2 Å². The van der Waals surface area contributed by atoms with Gasteiger partial charge < -0.3 is 10.2 Å². The van der Waals surface area contributed by atoms with E-state index in [1.807, 2.05) is 42.9 Å². The van der Waals surface area contributed by atoms with E-state index in [1.54, 1.807) is 29.3 Å². The zero-order valence-corrected chi connectivity index (χ0v) is 21.3. The quantitative estimate of drug-likeness (QED) is 0.448. The van der Waals surface area contributed by atoms with E-state index in [9.17, 15) is 4.79 Å². The number of thioether (sulfide) groups is 1. The van der Waals surface area contributed by atoms with Crippen LogP contribution in [0.5, 0.6) is 0 Å². The summed E-state index contributed by atoms with van der Waals surface area (Å²) in [7, 11) is 2.04. The molecule has 0 saturated heterocycles. The van der Waals surface area contributed by atoms with Gasteiger partial charge in [-0.1, -0.05) is 36.0 Å². The van der Waals surface area contributed by atoms with E-state index in [-0.39, 0.29) is 5.56 Å². The summed E-state index contributed by atoms with van der Waals surface area (Å²) in [6.07, 6.45) is 5.69. The summed E-state index contributed by atoms with van der Waals surface area (Å²) in [4.78, 5) is 21.1. The molecule has 5 rings (SSSR count). The minimum atomic E-state index is 0.0556. The zero-order chi connectivity index (χ0) is 23.8. The Bertz CT molecular complexity index is 1570. The Labute approximate surface area is 207 Å². The Balaban J connectivity index is 1.63. The number of hydrogen-bond acceptors (Lipinski definition) is 6. The summed E-state index contributed by atoms with van der Waals surface area (Å²) in [5, 5.41) is 4.50. The molecule has 1 N–H and O–H groups in total. The molecule has 3 heterocycles. The van der Waals surface area contributed by atoms with E-state index in [4.69, 9.17) is 0 Å². The molecule has 0 bridgehead atoms. The minimum absolute atomic E-state index is 0.0556. The second-order valence-electron chi connectivity index (χ2n) is 8.30. The molecule has 0 radical (unpaired) electrons. The van der Waals surface area contributed by atoms with Crippen molar-refractivity contribution < 1.29 is 0 Å². The summed E-state index contributed by atoms with van der Waals surface area (Å²) in [6, 6.07) is 16.6. The fourth-order valence-corrected chi connectivity index (χ4v) is 6.50. The lowest BCUT2D eigenvalue weighted by Crippen LogP contribution is -2.33. The molecule has 1 aliphatic rings. The summed E-state index contributed by atoms with van der Waals surface area (Å²) in [5.41, 5.74) is 6.52. The summed E-state index contributed by atoms with van der Waals surface area (Å²) < 4.78 is 3.56. The monoisotopic (exact) mass is 486 g/mol. The average Bonchev–Trinajstić information content (AvgIpc) is 3.32. The number of aryl methyl sites for hydroxylation is 2. The molecular weight excluding hydrogens is 460 g/mol. The van der Waals surface area contributed by atoms with Crippen LogP contribution >= 0.6 is 23.1 Å². The fraction of sp³-hybridized carbons (Fsp3) is 0.185. The molecule has 172 valence electrons. The highest BCUT2D eigenvalue weighted by Crippen LogP contribution is 2.45. The van der Waals surface area contributed by atoms with Gasteiger partial charge in [0, 0.05) is 35.9 Å². The highest BCUT2D eigenvalue weighted by atomic mass is 32.2. The van der Waals surface area contributed by atoms with Crippen LogP contribution in [0.25, 0.3) is 11.1 Å². The number of rotatable bonds is 4. The maximum atomic E-state index is 13.4. The summed E-state index contributed by atoms with van der Waals surface area (Å²) >= 11 is 3.22. The first-order valence-corrected chi connectivity index (χ1v) is 12.8. The molecule has 5 nitrogen and oxygen atoms in total. The molecule has 7 heteroatoms. The van der Waals surface area contributed by atoms with Crippen LogP contribution in [0.15, 0.2) is 70.6 Å². The van der Waals surface area contributed by atoms with Crippen LogP contribution in [-0.4, -0.2) is 16.6 Å². The van der Waals surface area contributed by atoms with Crippen molar-refractivity contribution in [2.75, 3.05) is 17.3 Å². The molecule has 2 aromatic heterocycles. The van der Waals surface area contributed by atoms with Crippen molar-refractivity contribution in [1.29, 1.82) is 0 Å². The second-order valence-corrected chi connectivity index (χ2v) is 10.4. The van der Waals surface area contributed by atoms with Crippen LogP contribution in [0.2, 0.25) is 0 Å². The van der Waals surface area contributed by atoms with E-state index in [1.165, 1.54) is 10.5 Å². The van der Waals surface area contributed by atoms with E-state index < -0.39 is 0 Å². The highest BCUT2D eigenvalue weighted by molar-refractivity contribution is 8.08. The second kappa shape index (κ2) is 9.16. The van der Waals surface area contributed by atoms with Crippen molar-refractivity contribution in [3.63, 3.8) is 0 Å². The van der Waals surface area contributed by atoms with Crippen molar-refractivity contribution in [2.24, 2.45) is 0 Å². The van der Waals surface area contributed by atoms with Crippen LogP contribution in [0, 0.1) is 13.8 Å². The number of anilines is 3. The Morgan fingerprint density at radius 2 is 1.91 bits per heavy atom. The molecule has 34 heavy (non-hydrogen) atoms. The first-order valence-electron chi connectivity index (χ1n) is 11.2. The molecule has 0 atom stereocenters. The predicted molar refractivity (Wildman–Crippen MR) is 145 cm³/mol. The zero-order valence-electron chi connectivity index (χ0n) is 19.6. The van der Waals surface area contributed by atoms with Gasteiger partial charge >= 0.3 is 0 Å². The molecule has 4 aromatic rings. The topological polar surface area (TPSA) is 50.2 Å². The number of benzene rings is 2. The Morgan fingerprint density at radius 1 is 1.09 bits per heavy atom. The molecule has 0 saturated carbocycles. The highest BCUT2D eigenvalue weighted by Gasteiger charge is 2.24. The number of nitrogens with one attached hydrogen (secondary N) is 1. The number of fused-ring (bicyclic) bond motifs is 1. The molecular formula is C27H26N4OS2. The van der Waals surface area contributed by atoms with Gasteiger partial charge in [0.1, 0.15) is 9.56 Å². The largest absolute Gasteiger partial charge is 0.354 e. The number of thiazole rings is 1. The molecule has 0 amide bonds. The van der Waals surface area contributed by atoms with E-state index in [0.29, 0.717) is 6.54 Å². The van der Waals surface area contributed by atoms with Crippen molar-refractivity contribution >= 4 is 51.3 Å². The van der Waals surface area contributed by atoms with E-state index in [2.05, 4.69) is 65.5 Å². The van der Waals surface area contributed by atoms with Gasteiger partial charge in [-0.2, -0.15) is 0 Å². The lowest BCUT2D eigenvalue weighted by atomic mass is 10.1. The summed E-state index contributed by atoms with van der Waals surface area (Å²) in [6.45, 7) is 6.80. The third-order valence-corrected chi connectivity index (χ3v) is 8.44. The maximum absolute atomic E-state index is 13.4. The van der Waals surface area contributed by atoms with Gasteiger partial charge in [0.25, 0.3) is 5.56 Å². The van der Waals surface area contributed by atoms with Crippen molar-refractivity contribution in [3.05, 3.63) is 97.2 Å². The molecule has 0 unspecified atom stereocenters. The van der Waals surface area contributed by atoms with Crippen molar-refractivity contribution in [2.45, 2.75) is 32.2 Å². The number of aromatic nitrogens is 2. The van der Waals surface area contributed by atoms with Crippen LogP contribution < -0.4 is 25.0 Å². The fourth-order valence-electron chi connectivity index (χ4n) is 4.05. The molecule has 0 aliphatic carbocycles. The standard InChI is InChI=1S/C27H26N4OS2/c1-5-31-24(15-19-12-13-28-16-21(19)29-20-9-7-6-8-18(20)3)34-25(26(31)32)27-30(4)22-14-17(2)10-11-23(22)33-27/h6-16,29H,5H2,1-4H3/b24-15-,27-25+. The molecule has 0 spiro atoms. The molecule has 2 aromatic carbocycles. The van der Waals surface area contributed by atoms with Gasteiger partial charge in [0.15, 0.2) is 0 Å². The van der Waals surface area contributed by atoms with Gasteiger partial charge in [0.2, 0.25) is 0 Å². The first-order chi connectivity index (χ1) is 16.5. The number of pyridine rings is 1. The van der Waals surface area contributed by atoms with Crippen molar-refractivity contribution in [3.8, 4) is 0 Å². The number of nitrogens with zero attached hydrogens (tertiary/aromatic N) is 3. The van der Waals surface area contributed by atoms with Crippen LogP contribution in [0.4, 0.5) is 17.1 Å². The van der Waals surface area contributed by atoms with Crippen molar-refractivity contribution in [1.82, 2.24) is 9.55 Å². The number of para-hydroxylation sites is 1. The van der Waals surface area contributed by atoms with Gasteiger partial charge in [-0.3, -0.25) is 14.3 Å². The van der Waals surface area contributed by atoms with Crippen LogP contribution in [0.3, 0.4) is 0 Å². The van der Waals surface area contributed by atoms with Gasteiger partial charge in [-0.15, -0.1) is 11.3 Å². The predicted octanol–water partition coefficient (Wildman–Crippen LogP) is 4.82. The lowest BCUT2D eigenvalue weighted by molar-refractivity contribution is 0.722. The Hall–Kier alpha value is -3.29. The van der Waals surface area contributed by atoms with Crippen LogP contribution in [-0.2, 0) is 6.54 Å². The third kappa shape index (κ3) is 4.06. The van der Waals surface area contributed by atoms with E-state index in [0.717, 1.165) is 42.4 Å². The van der Waals surface area contributed by atoms with E-state index >= 15 is 0 Å². The molecule has 1 aliphatic heterocycles. The average molecular weight is 487 g/mol. The third-order valence-electron chi connectivity index (χ3n) is 5.96. The normalized spacial score (nSPS) is 15.1. The smallest absolute Gasteiger partial charge is 0.271 e. The molecule has 0 fully saturated rings.